The second kappa shape index (κ2) is 5.93. The fourth-order valence-corrected chi connectivity index (χ4v) is 4.59. The van der Waals surface area contributed by atoms with Crippen molar-refractivity contribution in [3.63, 3.8) is 0 Å². The smallest absolute Gasteiger partial charge is 0.410 e. The van der Waals surface area contributed by atoms with Gasteiger partial charge in [0.2, 0.25) is 0 Å². The van der Waals surface area contributed by atoms with Crippen molar-refractivity contribution in [1.82, 2.24) is 4.90 Å². The van der Waals surface area contributed by atoms with Crippen LogP contribution < -0.4 is 0 Å². The number of nitrogens with zero attached hydrogens (tertiary/aromatic N) is 1. The molecule has 5 nitrogen and oxygen atoms in total. The predicted octanol–water partition coefficient (Wildman–Crippen LogP) is 4.15. The van der Waals surface area contributed by atoms with Crippen LogP contribution in [0.2, 0.25) is 0 Å². The van der Waals surface area contributed by atoms with Crippen LogP contribution in [-0.4, -0.2) is 40.9 Å². The summed E-state index contributed by atoms with van der Waals surface area (Å²) in [5.74, 6) is 0.208. The van der Waals surface area contributed by atoms with Crippen LogP contribution in [0.1, 0.15) is 37.8 Å². The lowest BCUT2D eigenvalue weighted by molar-refractivity contribution is 0.0125. The maximum absolute atomic E-state index is 12.3. The van der Waals surface area contributed by atoms with Gasteiger partial charge in [0.25, 0.3) is 0 Å². The molecule has 1 aromatic carbocycles. The fraction of sp³-hybridized carbons (Fsp3) is 0.562. The molecule has 2 heterocycles. The molecule has 1 saturated heterocycles. The summed E-state index contributed by atoms with van der Waals surface area (Å²) >= 11 is 6.83. The number of amides is 1. The molecule has 126 valence electrons. The van der Waals surface area contributed by atoms with E-state index in [0.29, 0.717) is 28.6 Å². The minimum Gasteiger partial charge on any atom is -0.506 e. The van der Waals surface area contributed by atoms with Crippen molar-refractivity contribution in [2.24, 2.45) is 0 Å². The van der Waals surface area contributed by atoms with Crippen LogP contribution in [0.25, 0.3) is 0 Å². The van der Waals surface area contributed by atoms with Crippen LogP contribution in [-0.2, 0) is 16.1 Å². The minimum atomic E-state index is -0.521. The molecule has 7 heteroatoms. The van der Waals surface area contributed by atoms with E-state index in [1.165, 1.54) is 0 Å². The van der Waals surface area contributed by atoms with Crippen molar-refractivity contribution in [2.75, 3.05) is 13.1 Å². The number of rotatable bonds is 0. The zero-order valence-corrected chi connectivity index (χ0v) is 16.4. The Morgan fingerprint density at radius 1 is 1.39 bits per heavy atom. The first kappa shape index (κ1) is 17.0. The Bertz CT molecular complexity index is 656. The summed E-state index contributed by atoms with van der Waals surface area (Å²) in [6, 6.07) is 1.88. The number of aromatic hydroxyl groups is 1. The Morgan fingerprint density at radius 3 is 2.74 bits per heavy atom. The average molecular weight is 449 g/mol. The van der Waals surface area contributed by atoms with Crippen LogP contribution in [0.5, 0.6) is 5.75 Å². The molecule has 2 aliphatic rings. The highest BCUT2D eigenvalue weighted by Crippen LogP contribution is 2.46. The molecule has 2 aliphatic heterocycles. The van der Waals surface area contributed by atoms with Crippen molar-refractivity contribution in [3.8, 4) is 5.75 Å². The van der Waals surface area contributed by atoms with Gasteiger partial charge in [-0.15, -0.1) is 0 Å². The van der Waals surface area contributed by atoms with E-state index in [1.54, 1.807) is 4.90 Å². The highest BCUT2D eigenvalue weighted by molar-refractivity contribution is 9.11. The Morgan fingerprint density at radius 2 is 2.09 bits per heavy atom. The first-order valence-corrected chi connectivity index (χ1v) is 9.05. The molecule has 2 unspecified atom stereocenters. The highest BCUT2D eigenvalue weighted by atomic mass is 79.9. The lowest BCUT2D eigenvalue weighted by atomic mass is 9.89. The summed E-state index contributed by atoms with van der Waals surface area (Å²) in [4.78, 5) is 14.0. The van der Waals surface area contributed by atoms with Crippen LogP contribution >= 0.6 is 31.9 Å². The topological polar surface area (TPSA) is 59.0 Å². The van der Waals surface area contributed by atoms with Crippen LogP contribution in [0.3, 0.4) is 0 Å². The highest BCUT2D eigenvalue weighted by Gasteiger charge is 2.43. The van der Waals surface area contributed by atoms with E-state index in [9.17, 15) is 9.90 Å². The molecule has 3 rings (SSSR count). The number of hydrogen-bond acceptors (Lipinski definition) is 4. The van der Waals surface area contributed by atoms with E-state index >= 15 is 0 Å². The molecular formula is C16H19Br2NO4. The van der Waals surface area contributed by atoms with Crippen LogP contribution in [0.4, 0.5) is 4.79 Å². The molecule has 0 aromatic heterocycles. The third-order valence-electron chi connectivity index (χ3n) is 4.06. The molecule has 0 spiro atoms. The van der Waals surface area contributed by atoms with Gasteiger partial charge < -0.3 is 19.5 Å². The quantitative estimate of drug-likeness (QED) is 0.647. The summed E-state index contributed by atoms with van der Waals surface area (Å²) in [6.07, 6.45) is -0.401. The maximum Gasteiger partial charge on any atom is 0.410 e. The van der Waals surface area contributed by atoms with Crippen LogP contribution in [0, 0.1) is 0 Å². The van der Waals surface area contributed by atoms with Gasteiger partial charge in [-0.05, 0) is 69.8 Å². The number of benzene rings is 1. The SMILES string of the molecule is CC(C)(C)OC(=O)N1CC2OCc3cc(Br)c(O)c(Br)c3C2C1. The molecule has 1 N–H and O–H groups in total. The first-order chi connectivity index (χ1) is 10.7. The van der Waals surface area contributed by atoms with E-state index in [2.05, 4.69) is 31.9 Å². The van der Waals surface area contributed by atoms with Crippen molar-refractivity contribution in [3.05, 3.63) is 26.1 Å². The normalized spacial score (nSPS) is 23.4. The van der Waals surface area contributed by atoms with Gasteiger partial charge in [0, 0.05) is 12.5 Å². The number of halogens is 2. The van der Waals surface area contributed by atoms with E-state index in [4.69, 9.17) is 9.47 Å². The number of phenolic OH excluding ortho intramolecular Hbond substituents is 1. The van der Waals surface area contributed by atoms with Gasteiger partial charge in [-0.25, -0.2) is 4.79 Å². The molecule has 2 atom stereocenters. The van der Waals surface area contributed by atoms with Crippen molar-refractivity contribution in [2.45, 2.75) is 45.0 Å². The minimum absolute atomic E-state index is 0.0274. The summed E-state index contributed by atoms with van der Waals surface area (Å²) in [6.45, 7) is 7.05. The molecule has 23 heavy (non-hydrogen) atoms. The van der Waals surface area contributed by atoms with Gasteiger partial charge in [-0.2, -0.15) is 0 Å². The summed E-state index contributed by atoms with van der Waals surface area (Å²) in [7, 11) is 0. The van der Waals surface area contributed by atoms with Gasteiger partial charge >= 0.3 is 6.09 Å². The lowest BCUT2D eigenvalue weighted by Gasteiger charge is -2.29. The van der Waals surface area contributed by atoms with Crippen molar-refractivity contribution >= 4 is 38.0 Å². The molecule has 0 bridgehead atoms. The number of carbonyl (C=O) groups excluding carboxylic acids is 1. The number of ether oxygens (including phenoxy) is 2. The largest absolute Gasteiger partial charge is 0.506 e. The van der Waals surface area contributed by atoms with E-state index < -0.39 is 5.60 Å². The molecular weight excluding hydrogens is 430 g/mol. The number of carbonyl (C=O) groups is 1. The molecule has 0 saturated carbocycles. The second-order valence-corrected chi connectivity index (χ2v) is 8.58. The molecule has 0 radical (unpaired) electrons. The zero-order valence-electron chi connectivity index (χ0n) is 13.2. The average Bonchev–Trinajstić information content (AvgIpc) is 2.86. The summed E-state index contributed by atoms with van der Waals surface area (Å²) < 4.78 is 12.7. The molecule has 1 aromatic rings. The van der Waals surface area contributed by atoms with Gasteiger partial charge in [0.05, 0.1) is 28.2 Å². The Balaban J connectivity index is 1.87. The zero-order chi connectivity index (χ0) is 16.9. The summed E-state index contributed by atoms with van der Waals surface area (Å²) in [5.41, 5.74) is 1.52. The Hall–Kier alpha value is -0.790. The van der Waals surface area contributed by atoms with Gasteiger partial charge in [0.1, 0.15) is 11.4 Å². The molecule has 1 fully saturated rings. The predicted molar refractivity (Wildman–Crippen MR) is 92.6 cm³/mol. The van der Waals surface area contributed by atoms with Crippen molar-refractivity contribution < 1.29 is 19.4 Å². The first-order valence-electron chi connectivity index (χ1n) is 7.46. The van der Waals surface area contributed by atoms with Crippen LogP contribution in [0.15, 0.2) is 15.0 Å². The van der Waals surface area contributed by atoms with E-state index in [-0.39, 0.29) is 23.9 Å². The number of hydrogen-bond donors (Lipinski definition) is 1. The van der Waals surface area contributed by atoms with Gasteiger partial charge in [-0.1, -0.05) is 0 Å². The Kier molecular flexibility index (Phi) is 4.40. The number of phenols is 1. The van der Waals surface area contributed by atoms with Gasteiger partial charge in [0.15, 0.2) is 0 Å². The summed E-state index contributed by atoms with van der Waals surface area (Å²) in [5, 5.41) is 10.2. The van der Waals surface area contributed by atoms with E-state index in [0.717, 1.165) is 11.1 Å². The van der Waals surface area contributed by atoms with Gasteiger partial charge in [-0.3, -0.25) is 0 Å². The standard InChI is InChI=1S/C16H19Br2NO4/c1-16(2,3)23-15(21)19-5-9-11(6-19)22-7-8-4-10(17)14(20)13(18)12(8)9/h4,9,11,20H,5-7H2,1-3H3. The fourth-order valence-electron chi connectivity index (χ4n) is 3.09. The molecule has 1 amide bonds. The third-order valence-corrected chi connectivity index (χ3v) is 5.47. The van der Waals surface area contributed by atoms with Crippen molar-refractivity contribution in [1.29, 1.82) is 0 Å². The maximum atomic E-state index is 12.3. The Labute approximate surface area is 152 Å². The lowest BCUT2D eigenvalue weighted by Crippen LogP contribution is -2.36. The van der Waals surface area contributed by atoms with E-state index in [1.807, 2.05) is 26.8 Å². The number of fused-ring (bicyclic) bond motifs is 3. The third kappa shape index (κ3) is 3.23. The number of likely N-dealkylation sites (tertiary alicyclic amines) is 1. The monoisotopic (exact) mass is 447 g/mol. The molecule has 0 aliphatic carbocycles. The second-order valence-electron chi connectivity index (χ2n) is 6.94.